The van der Waals surface area contributed by atoms with E-state index < -0.39 is 0 Å². The largest absolute Gasteiger partial charge is 0.423 e. The summed E-state index contributed by atoms with van der Waals surface area (Å²) < 4.78 is 5.32. The number of hydrogen-bond donors (Lipinski definition) is 1. The van der Waals surface area contributed by atoms with Crippen molar-refractivity contribution >= 4 is 33.9 Å². The summed E-state index contributed by atoms with van der Waals surface area (Å²) in [5, 5.41) is 3.73. The Balaban J connectivity index is 1.94. The molecule has 0 spiro atoms. The van der Waals surface area contributed by atoms with Crippen molar-refractivity contribution < 1.29 is 9.32 Å². The van der Waals surface area contributed by atoms with Crippen molar-refractivity contribution in [3.8, 4) is 0 Å². The summed E-state index contributed by atoms with van der Waals surface area (Å²) in [7, 11) is 2.13. The Labute approximate surface area is 144 Å². The third kappa shape index (κ3) is 3.50. The van der Waals surface area contributed by atoms with Crippen molar-refractivity contribution in [3.63, 3.8) is 0 Å². The highest BCUT2D eigenvalue weighted by atomic mass is 35.5. The maximum absolute atomic E-state index is 11.8. The molecule has 1 atom stereocenters. The number of aryl methyl sites for hydroxylation is 2. The van der Waals surface area contributed by atoms with Crippen LogP contribution >= 0.6 is 22.9 Å². The van der Waals surface area contributed by atoms with Gasteiger partial charge in [0.25, 0.3) is 0 Å². The Morgan fingerprint density at radius 2 is 1.96 bits per heavy atom. The molecule has 0 amide bonds. The predicted octanol–water partition coefficient (Wildman–Crippen LogP) is 3.34. The first-order valence-electron chi connectivity index (χ1n) is 7.51. The third-order valence-electron chi connectivity index (χ3n) is 4.03. The molecule has 2 heterocycles. The second-order valence-corrected chi connectivity index (χ2v) is 7.43. The molecule has 3 aromatic rings. The first kappa shape index (κ1) is 16.2. The monoisotopic (exact) mass is 348 g/mol. The first-order chi connectivity index (χ1) is 10.9. The zero-order chi connectivity index (χ0) is 16.6. The van der Waals surface area contributed by atoms with E-state index in [9.17, 15) is 4.79 Å². The summed E-state index contributed by atoms with van der Waals surface area (Å²) >= 11 is 8.02. The van der Waals surface area contributed by atoms with Gasteiger partial charge in [0, 0.05) is 22.0 Å². The summed E-state index contributed by atoms with van der Waals surface area (Å²) in [6, 6.07) is 7.45. The number of quaternary nitrogens is 1. The molecule has 0 radical (unpaired) electrons. The number of thiophene rings is 1. The topological polar surface area (TPSA) is 34.6 Å². The van der Waals surface area contributed by atoms with Crippen LogP contribution in [0.4, 0.5) is 0 Å². The van der Waals surface area contributed by atoms with Gasteiger partial charge in [0.15, 0.2) is 0 Å². The molecule has 1 aromatic carbocycles. The number of rotatable bonds is 4. The average molecular weight is 349 g/mol. The number of hydrogen-bond acceptors (Lipinski definition) is 3. The van der Waals surface area contributed by atoms with E-state index >= 15 is 0 Å². The van der Waals surface area contributed by atoms with Crippen molar-refractivity contribution in [3.05, 3.63) is 66.7 Å². The molecule has 3 rings (SSSR count). The van der Waals surface area contributed by atoms with Crippen molar-refractivity contribution in [2.24, 2.45) is 0 Å². The Morgan fingerprint density at radius 1 is 1.17 bits per heavy atom. The van der Waals surface area contributed by atoms with Crippen molar-refractivity contribution in [1.82, 2.24) is 0 Å². The Hall–Kier alpha value is -1.62. The van der Waals surface area contributed by atoms with Gasteiger partial charge in [-0.25, -0.2) is 4.79 Å². The third-order valence-corrected chi connectivity index (χ3v) is 5.46. The minimum absolute atomic E-state index is 0.311. The van der Waals surface area contributed by atoms with Crippen LogP contribution in [0.15, 0.2) is 38.9 Å². The van der Waals surface area contributed by atoms with E-state index in [0.717, 1.165) is 29.6 Å². The fourth-order valence-electron chi connectivity index (χ4n) is 2.74. The lowest BCUT2D eigenvalue weighted by Gasteiger charge is -2.15. The van der Waals surface area contributed by atoms with E-state index in [1.807, 2.05) is 19.1 Å². The minimum atomic E-state index is -0.311. The Morgan fingerprint density at radius 3 is 2.65 bits per heavy atom. The number of halogens is 1. The maximum Gasteiger partial charge on any atom is 0.336 e. The SMILES string of the molecule is Cc1cc2oc(=O)cc(C[NH+](C)Cc3sccc3C)c2cc1Cl. The number of fused-ring (bicyclic) bond motifs is 1. The zero-order valence-corrected chi connectivity index (χ0v) is 15.0. The molecule has 0 aliphatic rings. The highest BCUT2D eigenvalue weighted by Gasteiger charge is 2.14. The number of nitrogens with one attached hydrogen (secondary N) is 1. The van der Waals surface area contributed by atoms with E-state index in [2.05, 4.69) is 25.4 Å². The Kier molecular flexibility index (Phi) is 4.57. The van der Waals surface area contributed by atoms with Crippen molar-refractivity contribution in [2.45, 2.75) is 26.9 Å². The van der Waals surface area contributed by atoms with Gasteiger partial charge in [-0.05, 0) is 48.6 Å². The van der Waals surface area contributed by atoms with Gasteiger partial charge in [-0.15, -0.1) is 11.3 Å². The van der Waals surface area contributed by atoms with Gasteiger partial charge in [0.2, 0.25) is 0 Å². The van der Waals surface area contributed by atoms with Gasteiger partial charge >= 0.3 is 5.63 Å². The van der Waals surface area contributed by atoms with Gasteiger partial charge in [0.05, 0.1) is 11.9 Å². The van der Waals surface area contributed by atoms with E-state index in [1.165, 1.54) is 15.3 Å². The van der Waals surface area contributed by atoms with Crippen LogP contribution in [0.1, 0.15) is 21.6 Å². The summed E-state index contributed by atoms with van der Waals surface area (Å²) in [5.41, 5.74) is 3.51. The van der Waals surface area contributed by atoms with Crippen LogP contribution in [0.5, 0.6) is 0 Å². The molecule has 5 heteroatoms. The van der Waals surface area contributed by atoms with Crippen molar-refractivity contribution in [2.75, 3.05) is 7.05 Å². The van der Waals surface area contributed by atoms with Crippen LogP contribution in [0, 0.1) is 13.8 Å². The average Bonchev–Trinajstić information content (AvgIpc) is 2.86. The van der Waals surface area contributed by atoms with Crippen LogP contribution in [-0.4, -0.2) is 7.05 Å². The van der Waals surface area contributed by atoms with Gasteiger partial charge < -0.3 is 9.32 Å². The normalized spacial score (nSPS) is 12.7. The minimum Gasteiger partial charge on any atom is -0.423 e. The predicted molar refractivity (Wildman–Crippen MR) is 95.6 cm³/mol. The molecule has 0 aliphatic heterocycles. The molecule has 120 valence electrons. The second-order valence-electron chi connectivity index (χ2n) is 6.03. The fourth-order valence-corrected chi connectivity index (χ4v) is 3.93. The standard InChI is InChI=1S/C18H18ClNO2S/c1-11-4-5-23-17(11)10-20(3)9-13-7-18(21)22-16-6-12(2)15(19)8-14(13)16/h4-8H,9-10H2,1-3H3/p+1. The summed E-state index contributed by atoms with van der Waals surface area (Å²) in [6.45, 7) is 5.73. The molecule has 1 N–H and O–H groups in total. The second kappa shape index (κ2) is 6.48. The summed E-state index contributed by atoms with van der Waals surface area (Å²) in [5.74, 6) is 0. The number of benzene rings is 1. The molecule has 0 saturated heterocycles. The molecule has 0 fully saturated rings. The highest BCUT2D eigenvalue weighted by molar-refractivity contribution is 7.10. The van der Waals surface area contributed by atoms with E-state index in [1.54, 1.807) is 17.4 Å². The van der Waals surface area contributed by atoms with Gasteiger partial charge in [0.1, 0.15) is 18.7 Å². The van der Waals surface area contributed by atoms with Crippen LogP contribution in [-0.2, 0) is 13.1 Å². The molecule has 2 aromatic heterocycles. The van der Waals surface area contributed by atoms with Gasteiger partial charge in [-0.3, -0.25) is 0 Å². The van der Waals surface area contributed by atoms with E-state index in [-0.39, 0.29) is 5.63 Å². The fraction of sp³-hybridized carbons (Fsp3) is 0.278. The summed E-state index contributed by atoms with van der Waals surface area (Å²) in [4.78, 5) is 14.5. The molecule has 23 heavy (non-hydrogen) atoms. The van der Waals surface area contributed by atoms with Gasteiger partial charge in [-0.1, -0.05) is 11.6 Å². The maximum atomic E-state index is 11.8. The van der Waals surface area contributed by atoms with Gasteiger partial charge in [-0.2, -0.15) is 0 Å². The Bertz CT molecular complexity index is 913. The van der Waals surface area contributed by atoms with Crippen LogP contribution in [0.2, 0.25) is 5.02 Å². The molecule has 0 aliphatic carbocycles. The zero-order valence-electron chi connectivity index (χ0n) is 13.4. The lowest BCUT2D eigenvalue weighted by Crippen LogP contribution is -3.06. The van der Waals surface area contributed by atoms with Crippen molar-refractivity contribution in [1.29, 1.82) is 0 Å². The van der Waals surface area contributed by atoms with E-state index in [4.69, 9.17) is 16.0 Å². The molecular formula is C18H19ClNO2S+. The lowest BCUT2D eigenvalue weighted by atomic mass is 10.1. The smallest absolute Gasteiger partial charge is 0.336 e. The van der Waals surface area contributed by atoms with Crippen LogP contribution in [0.25, 0.3) is 11.0 Å². The highest BCUT2D eigenvalue weighted by Crippen LogP contribution is 2.25. The van der Waals surface area contributed by atoms with Crippen LogP contribution in [0.3, 0.4) is 0 Å². The quantitative estimate of drug-likeness (QED) is 0.734. The molecule has 3 nitrogen and oxygen atoms in total. The summed E-state index contributed by atoms with van der Waals surface area (Å²) in [6.07, 6.45) is 0. The molecule has 0 bridgehead atoms. The molecular weight excluding hydrogens is 330 g/mol. The lowest BCUT2D eigenvalue weighted by molar-refractivity contribution is -0.907. The van der Waals surface area contributed by atoms with E-state index in [0.29, 0.717) is 10.6 Å². The molecule has 1 unspecified atom stereocenters. The molecule has 0 saturated carbocycles. The first-order valence-corrected chi connectivity index (χ1v) is 8.77. The van der Waals surface area contributed by atoms with Crippen LogP contribution < -0.4 is 10.5 Å².